The second-order valence-corrected chi connectivity index (χ2v) is 5.35. The molecule has 0 saturated carbocycles. The van der Waals surface area contributed by atoms with Crippen molar-refractivity contribution in [2.75, 3.05) is 11.4 Å². The molecule has 0 aliphatic heterocycles. The Balaban J connectivity index is 2.51. The van der Waals surface area contributed by atoms with Gasteiger partial charge in [0.25, 0.3) is 0 Å². The highest BCUT2D eigenvalue weighted by Gasteiger charge is 2.15. The van der Waals surface area contributed by atoms with Gasteiger partial charge in [0.1, 0.15) is 5.82 Å². The van der Waals surface area contributed by atoms with Crippen LogP contribution in [-0.4, -0.2) is 12.3 Å². The van der Waals surface area contributed by atoms with Crippen LogP contribution in [0.2, 0.25) is 0 Å². The van der Waals surface area contributed by atoms with Gasteiger partial charge in [0.2, 0.25) is 0 Å². The summed E-state index contributed by atoms with van der Waals surface area (Å²) in [6.07, 6.45) is 0. The van der Waals surface area contributed by atoms with Crippen molar-refractivity contribution >= 4 is 33.1 Å². The lowest BCUT2D eigenvalue weighted by Gasteiger charge is -2.25. The van der Waals surface area contributed by atoms with Gasteiger partial charge in [-0.2, -0.15) is 0 Å². The van der Waals surface area contributed by atoms with Crippen LogP contribution in [0, 0.1) is 5.82 Å². The van der Waals surface area contributed by atoms with E-state index in [0.29, 0.717) is 12.1 Å². The lowest BCUT2D eigenvalue weighted by molar-refractivity contribution is 0.101. The molecule has 2 nitrogen and oxygen atoms in total. The first-order chi connectivity index (χ1) is 9.52. The Morgan fingerprint density at radius 3 is 2.40 bits per heavy atom. The van der Waals surface area contributed by atoms with Crippen LogP contribution in [0.25, 0.3) is 0 Å². The van der Waals surface area contributed by atoms with E-state index in [1.807, 2.05) is 30.0 Å². The van der Waals surface area contributed by atoms with E-state index in [4.69, 9.17) is 0 Å². The summed E-state index contributed by atoms with van der Waals surface area (Å²) >= 11 is 3.38. The van der Waals surface area contributed by atoms with Gasteiger partial charge in [-0.05, 0) is 56.3 Å². The second kappa shape index (κ2) is 6.18. The zero-order valence-electron chi connectivity index (χ0n) is 11.4. The van der Waals surface area contributed by atoms with E-state index in [0.717, 1.165) is 15.8 Å². The summed E-state index contributed by atoms with van der Waals surface area (Å²) in [6.45, 7) is 4.23. The highest BCUT2D eigenvalue weighted by atomic mass is 79.9. The maximum absolute atomic E-state index is 13.0. The summed E-state index contributed by atoms with van der Waals surface area (Å²) in [5.74, 6) is -0.269. The van der Waals surface area contributed by atoms with Gasteiger partial charge in [0.15, 0.2) is 5.78 Å². The minimum absolute atomic E-state index is 0.00172. The van der Waals surface area contributed by atoms with Crippen molar-refractivity contribution in [2.24, 2.45) is 0 Å². The Bertz CT molecular complexity index is 625. The molecular weight excluding hydrogens is 321 g/mol. The molecule has 0 spiro atoms. The summed E-state index contributed by atoms with van der Waals surface area (Å²) in [5.41, 5.74) is 2.33. The van der Waals surface area contributed by atoms with E-state index in [2.05, 4.69) is 15.9 Å². The molecule has 104 valence electrons. The average molecular weight is 336 g/mol. The van der Waals surface area contributed by atoms with Gasteiger partial charge in [-0.3, -0.25) is 4.79 Å². The molecule has 2 rings (SSSR count). The third-order valence-electron chi connectivity index (χ3n) is 3.08. The fraction of sp³-hybridized carbons (Fsp3) is 0.188. The quantitative estimate of drug-likeness (QED) is 0.737. The smallest absolute Gasteiger partial charge is 0.161 e. The number of rotatable bonds is 4. The van der Waals surface area contributed by atoms with Gasteiger partial charge in [-0.15, -0.1) is 0 Å². The molecule has 0 amide bonds. The first kappa shape index (κ1) is 14.7. The Kier molecular flexibility index (Phi) is 4.55. The standard InChI is InChI=1S/C16H15BrFNO/c1-3-19(14-7-5-13(18)6-8-14)16-9-4-12(17)10-15(16)11(2)20/h4-10H,3H2,1-2H3. The molecule has 4 heteroatoms. The van der Waals surface area contributed by atoms with E-state index < -0.39 is 0 Å². The SMILES string of the molecule is CCN(c1ccc(F)cc1)c1ccc(Br)cc1C(C)=O. The van der Waals surface area contributed by atoms with E-state index >= 15 is 0 Å². The lowest BCUT2D eigenvalue weighted by Crippen LogP contribution is -2.18. The number of hydrogen-bond donors (Lipinski definition) is 0. The second-order valence-electron chi connectivity index (χ2n) is 4.44. The third-order valence-corrected chi connectivity index (χ3v) is 3.58. The maximum Gasteiger partial charge on any atom is 0.161 e. The molecule has 0 fully saturated rings. The fourth-order valence-corrected chi connectivity index (χ4v) is 2.50. The van der Waals surface area contributed by atoms with Crippen molar-refractivity contribution in [2.45, 2.75) is 13.8 Å². The van der Waals surface area contributed by atoms with Crippen LogP contribution >= 0.6 is 15.9 Å². The van der Waals surface area contributed by atoms with Gasteiger partial charge < -0.3 is 4.90 Å². The summed E-state index contributed by atoms with van der Waals surface area (Å²) < 4.78 is 13.9. The fourth-order valence-electron chi connectivity index (χ4n) is 2.14. The van der Waals surface area contributed by atoms with Crippen molar-refractivity contribution < 1.29 is 9.18 Å². The zero-order chi connectivity index (χ0) is 14.7. The van der Waals surface area contributed by atoms with Crippen molar-refractivity contribution in [1.82, 2.24) is 0 Å². The third kappa shape index (κ3) is 3.07. The summed E-state index contributed by atoms with van der Waals surface area (Å²) in [5, 5.41) is 0. The van der Waals surface area contributed by atoms with Gasteiger partial charge >= 0.3 is 0 Å². The topological polar surface area (TPSA) is 20.3 Å². The van der Waals surface area contributed by atoms with Crippen molar-refractivity contribution in [3.8, 4) is 0 Å². The zero-order valence-corrected chi connectivity index (χ0v) is 12.9. The van der Waals surface area contributed by atoms with Crippen LogP contribution in [0.5, 0.6) is 0 Å². The number of nitrogens with zero attached hydrogens (tertiary/aromatic N) is 1. The number of anilines is 2. The molecule has 0 aliphatic carbocycles. The van der Waals surface area contributed by atoms with Gasteiger partial charge in [0.05, 0.1) is 5.69 Å². The van der Waals surface area contributed by atoms with Gasteiger partial charge in [0, 0.05) is 22.3 Å². The summed E-state index contributed by atoms with van der Waals surface area (Å²) in [4.78, 5) is 13.8. The van der Waals surface area contributed by atoms with E-state index in [1.54, 1.807) is 19.1 Å². The van der Waals surface area contributed by atoms with Crippen LogP contribution in [0.15, 0.2) is 46.9 Å². The van der Waals surface area contributed by atoms with Crippen LogP contribution < -0.4 is 4.90 Å². The Morgan fingerprint density at radius 1 is 1.20 bits per heavy atom. The molecule has 0 heterocycles. The average Bonchev–Trinajstić information content (AvgIpc) is 2.43. The van der Waals surface area contributed by atoms with Crippen LogP contribution in [-0.2, 0) is 0 Å². The largest absolute Gasteiger partial charge is 0.341 e. The van der Waals surface area contributed by atoms with E-state index in [-0.39, 0.29) is 11.6 Å². The molecule has 0 radical (unpaired) electrons. The van der Waals surface area contributed by atoms with Crippen LogP contribution in [0.1, 0.15) is 24.2 Å². The van der Waals surface area contributed by atoms with E-state index in [9.17, 15) is 9.18 Å². The van der Waals surface area contributed by atoms with Crippen LogP contribution in [0.4, 0.5) is 15.8 Å². The Labute approximate surface area is 126 Å². The van der Waals surface area contributed by atoms with E-state index in [1.165, 1.54) is 12.1 Å². The molecule has 20 heavy (non-hydrogen) atoms. The molecule has 0 saturated heterocycles. The summed E-state index contributed by atoms with van der Waals surface area (Å²) in [6, 6.07) is 11.9. The Morgan fingerprint density at radius 2 is 1.85 bits per heavy atom. The van der Waals surface area contributed by atoms with Crippen LogP contribution in [0.3, 0.4) is 0 Å². The molecule has 0 unspecified atom stereocenters. The lowest BCUT2D eigenvalue weighted by atomic mass is 10.1. The Hall–Kier alpha value is -1.68. The summed E-state index contributed by atoms with van der Waals surface area (Å²) in [7, 11) is 0. The highest BCUT2D eigenvalue weighted by Crippen LogP contribution is 2.31. The molecule has 0 aliphatic rings. The predicted octanol–water partition coefficient (Wildman–Crippen LogP) is 4.95. The number of Topliss-reactive ketones (excluding diaryl/α,β-unsaturated/α-hetero) is 1. The maximum atomic E-state index is 13.0. The van der Waals surface area contributed by atoms with Crippen molar-refractivity contribution in [1.29, 1.82) is 0 Å². The highest BCUT2D eigenvalue weighted by molar-refractivity contribution is 9.10. The number of halogens is 2. The minimum atomic E-state index is -0.271. The predicted molar refractivity (Wildman–Crippen MR) is 83.2 cm³/mol. The molecular formula is C16H15BrFNO. The van der Waals surface area contributed by atoms with Crippen molar-refractivity contribution in [3.05, 3.63) is 58.3 Å². The molecule has 2 aromatic rings. The number of benzene rings is 2. The molecule has 0 atom stereocenters. The number of carbonyl (C=O) groups is 1. The first-order valence-electron chi connectivity index (χ1n) is 6.36. The monoisotopic (exact) mass is 335 g/mol. The molecule has 0 bridgehead atoms. The molecule has 0 N–H and O–H groups in total. The number of ketones is 1. The number of hydrogen-bond acceptors (Lipinski definition) is 2. The first-order valence-corrected chi connectivity index (χ1v) is 7.16. The molecule has 0 aromatic heterocycles. The number of carbonyl (C=O) groups excluding carboxylic acids is 1. The van der Waals surface area contributed by atoms with Gasteiger partial charge in [-0.1, -0.05) is 15.9 Å². The minimum Gasteiger partial charge on any atom is -0.341 e. The molecule has 2 aromatic carbocycles. The van der Waals surface area contributed by atoms with Gasteiger partial charge in [-0.25, -0.2) is 4.39 Å². The normalized spacial score (nSPS) is 10.4. The van der Waals surface area contributed by atoms with Crippen molar-refractivity contribution in [3.63, 3.8) is 0 Å².